The van der Waals surface area contributed by atoms with E-state index in [0.29, 0.717) is 28.6 Å². The van der Waals surface area contributed by atoms with Crippen molar-refractivity contribution in [1.82, 2.24) is 0 Å². The number of methoxy groups -OCH3 is 1. The molecule has 0 saturated carbocycles. The van der Waals surface area contributed by atoms with Crippen molar-refractivity contribution in [2.45, 2.75) is 25.0 Å². The lowest BCUT2D eigenvalue weighted by Gasteiger charge is -2.26. The molecule has 190 valence electrons. The predicted octanol–water partition coefficient (Wildman–Crippen LogP) is 6.44. The topological polar surface area (TPSA) is 75.7 Å². The molecule has 0 spiro atoms. The first kappa shape index (κ1) is 26.4. The fraction of sp³-hybridized carbons (Fsp3) is 0.138. The number of nitrogens with one attached hydrogen (secondary N) is 1. The second kappa shape index (κ2) is 11.6. The number of carbonyl (C=O) groups is 1. The van der Waals surface area contributed by atoms with Gasteiger partial charge >= 0.3 is 0 Å². The third-order valence-corrected chi connectivity index (χ3v) is 7.82. The molecule has 0 aliphatic carbocycles. The maximum absolute atomic E-state index is 13.7. The number of halogens is 1. The summed E-state index contributed by atoms with van der Waals surface area (Å²) in [4.78, 5) is 13.0. The quantitative estimate of drug-likeness (QED) is 0.268. The number of hydrogen-bond donors (Lipinski definition) is 1. The monoisotopic (exact) mass is 534 g/mol. The molecule has 0 atom stereocenters. The Bertz CT molecular complexity index is 1490. The molecule has 0 unspecified atom stereocenters. The van der Waals surface area contributed by atoms with Crippen LogP contribution in [0.25, 0.3) is 0 Å². The molecule has 0 radical (unpaired) electrons. The molecular formula is C29H27ClN2O4S. The molecule has 0 bridgehead atoms. The van der Waals surface area contributed by atoms with Gasteiger partial charge in [0.15, 0.2) is 0 Å². The van der Waals surface area contributed by atoms with E-state index in [1.54, 1.807) is 79.9 Å². The minimum Gasteiger partial charge on any atom is -0.380 e. The Labute approximate surface area is 222 Å². The maximum Gasteiger partial charge on any atom is 0.264 e. The summed E-state index contributed by atoms with van der Waals surface area (Å²) < 4.78 is 33.8. The van der Waals surface area contributed by atoms with Gasteiger partial charge in [0.05, 0.1) is 23.7 Å². The molecule has 0 aromatic heterocycles. The number of amides is 1. The zero-order valence-electron chi connectivity index (χ0n) is 20.5. The van der Waals surface area contributed by atoms with Gasteiger partial charge in [0, 0.05) is 23.4 Å². The number of carbonyl (C=O) groups excluding carboxylic acids is 1. The van der Waals surface area contributed by atoms with Crippen molar-refractivity contribution in [3.8, 4) is 0 Å². The summed E-state index contributed by atoms with van der Waals surface area (Å²) in [6.45, 7) is 2.36. The van der Waals surface area contributed by atoms with Gasteiger partial charge in [-0.1, -0.05) is 60.1 Å². The van der Waals surface area contributed by atoms with Gasteiger partial charge in [0.2, 0.25) is 0 Å². The van der Waals surface area contributed by atoms with E-state index in [0.717, 1.165) is 16.7 Å². The van der Waals surface area contributed by atoms with Crippen molar-refractivity contribution in [3.05, 3.63) is 124 Å². The SMILES string of the molecule is COCc1cccc(NC(=O)c2ccc(CN(c3cc(Cl)ccc3C)S(=O)(=O)c3ccccc3)cc2)c1. The molecular weight excluding hydrogens is 508 g/mol. The lowest BCUT2D eigenvalue weighted by Crippen LogP contribution is -2.31. The minimum atomic E-state index is -3.88. The summed E-state index contributed by atoms with van der Waals surface area (Å²) in [5.41, 5.74) is 4.06. The fourth-order valence-corrected chi connectivity index (χ4v) is 5.60. The number of anilines is 2. The number of nitrogens with zero attached hydrogens (tertiary/aromatic N) is 1. The van der Waals surface area contributed by atoms with E-state index in [2.05, 4.69) is 5.32 Å². The number of aryl methyl sites for hydroxylation is 1. The van der Waals surface area contributed by atoms with Crippen molar-refractivity contribution < 1.29 is 17.9 Å². The highest BCUT2D eigenvalue weighted by Crippen LogP contribution is 2.31. The Morgan fingerprint density at radius 3 is 2.32 bits per heavy atom. The van der Waals surface area contributed by atoms with E-state index >= 15 is 0 Å². The van der Waals surface area contributed by atoms with Gasteiger partial charge in [-0.25, -0.2) is 8.42 Å². The largest absolute Gasteiger partial charge is 0.380 e. The number of hydrogen-bond acceptors (Lipinski definition) is 4. The molecule has 8 heteroatoms. The van der Waals surface area contributed by atoms with Crippen molar-refractivity contribution in [3.63, 3.8) is 0 Å². The second-order valence-electron chi connectivity index (χ2n) is 8.54. The zero-order chi connectivity index (χ0) is 26.4. The standard InChI is InChI=1S/C29H27ClN2O4S/c1-21-11-16-25(30)18-28(21)32(37(34,35)27-9-4-3-5-10-27)19-22-12-14-24(15-13-22)29(33)31-26-8-6-7-23(17-26)20-36-2/h3-18H,19-20H2,1-2H3,(H,31,33). The third kappa shape index (κ3) is 6.38. The van der Waals surface area contributed by atoms with Gasteiger partial charge in [-0.05, 0) is 72.1 Å². The van der Waals surface area contributed by atoms with Crippen LogP contribution in [0.1, 0.15) is 27.0 Å². The van der Waals surface area contributed by atoms with E-state index < -0.39 is 10.0 Å². The smallest absolute Gasteiger partial charge is 0.264 e. The Kier molecular flexibility index (Phi) is 8.28. The molecule has 0 aliphatic heterocycles. The summed E-state index contributed by atoms with van der Waals surface area (Å²) >= 11 is 6.24. The average molecular weight is 535 g/mol. The van der Waals surface area contributed by atoms with Gasteiger partial charge in [0.1, 0.15) is 0 Å². The lowest BCUT2D eigenvalue weighted by atomic mass is 10.1. The molecule has 0 saturated heterocycles. The zero-order valence-corrected chi connectivity index (χ0v) is 22.1. The van der Waals surface area contributed by atoms with Crippen LogP contribution < -0.4 is 9.62 Å². The minimum absolute atomic E-state index is 0.0688. The van der Waals surface area contributed by atoms with E-state index in [1.807, 2.05) is 31.2 Å². The summed E-state index contributed by atoms with van der Waals surface area (Å²) in [5, 5.41) is 3.33. The molecule has 0 aliphatic rings. The van der Waals surface area contributed by atoms with Crippen LogP contribution in [0.5, 0.6) is 0 Å². The van der Waals surface area contributed by atoms with Crippen molar-refractivity contribution in [1.29, 1.82) is 0 Å². The summed E-state index contributed by atoms with van der Waals surface area (Å²) in [7, 11) is -2.26. The van der Waals surface area contributed by atoms with Crippen LogP contribution >= 0.6 is 11.6 Å². The van der Waals surface area contributed by atoms with E-state index in [9.17, 15) is 13.2 Å². The van der Waals surface area contributed by atoms with Gasteiger partial charge < -0.3 is 10.1 Å². The first-order chi connectivity index (χ1) is 17.8. The van der Waals surface area contributed by atoms with Crippen molar-refractivity contribution in [2.75, 3.05) is 16.7 Å². The number of benzene rings is 4. The summed E-state index contributed by atoms with van der Waals surface area (Å²) in [6.07, 6.45) is 0. The van der Waals surface area contributed by atoms with Gasteiger partial charge in [-0.15, -0.1) is 0 Å². The highest BCUT2D eigenvalue weighted by atomic mass is 35.5. The molecule has 0 heterocycles. The maximum atomic E-state index is 13.7. The van der Waals surface area contributed by atoms with Crippen LogP contribution in [0.15, 0.2) is 102 Å². The van der Waals surface area contributed by atoms with Crippen LogP contribution in [0.4, 0.5) is 11.4 Å². The highest BCUT2D eigenvalue weighted by molar-refractivity contribution is 7.92. The molecule has 4 rings (SSSR count). The molecule has 4 aromatic rings. The number of ether oxygens (including phenoxy) is 1. The molecule has 4 aromatic carbocycles. The van der Waals surface area contributed by atoms with Crippen molar-refractivity contribution >= 4 is 38.9 Å². The lowest BCUT2D eigenvalue weighted by molar-refractivity contribution is 0.102. The van der Waals surface area contributed by atoms with E-state index in [1.165, 1.54) is 4.31 Å². The number of rotatable bonds is 9. The molecule has 6 nitrogen and oxygen atoms in total. The van der Waals surface area contributed by atoms with Gasteiger partial charge in [0.25, 0.3) is 15.9 Å². The van der Waals surface area contributed by atoms with Crippen LogP contribution in [0.3, 0.4) is 0 Å². The Morgan fingerprint density at radius 1 is 0.892 bits per heavy atom. The molecule has 37 heavy (non-hydrogen) atoms. The number of sulfonamides is 1. The van der Waals surface area contributed by atoms with E-state index in [-0.39, 0.29) is 17.3 Å². The molecule has 0 fully saturated rings. The second-order valence-corrected chi connectivity index (χ2v) is 10.8. The first-order valence-corrected chi connectivity index (χ1v) is 13.4. The Morgan fingerprint density at radius 2 is 1.62 bits per heavy atom. The summed E-state index contributed by atoms with van der Waals surface area (Å²) in [6, 6.07) is 27.8. The summed E-state index contributed by atoms with van der Waals surface area (Å²) in [5.74, 6) is -0.263. The van der Waals surface area contributed by atoms with E-state index in [4.69, 9.17) is 16.3 Å². The molecule has 1 amide bonds. The van der Waals surface area contributed by atoms with Crippen LogP contribution in [0.2, 0.25) is 5.02 Å². The Balaban J connectivity index is 1.60. The normalized spacial score (nSPS) is 11.2. The first-order valence-electron chi connectivity index (χ1n) is 11.6. The highest BCUT2D eigenvalue weighted by Gasteiger charge is 2.26. The third-order valence-electron chi connectivity index (χ3n) is 5.81. The fourth-order valence-electron chi connectivity index (χ4n) is 3.91. The van der Waals surface area contributed by atoms with Gasteiger partial charge in [-0.3, -0.25) is 9.10 Å². The van der Waals surface area contributed by atoms with Crippen molar-refractivity contribution in [2.24, 2.45) is 0 Å². The Hall–Kier alpha value is -3.65. The van der Waals surface area contributed by atoms with Crippen LogP contribution in [-0.4, -0.2) is 21.4 Å². The molecule has 1 N–H and O–H groups in total. The van der Waals surface area contributed by atoms with Gasteiger partial charge in [-0.2, -0.15) is 0 Å². The van der Waals surface area contributed by atoms with Crippen LogP contribution in [0, 0.1) is 6.92 Å². The average Bonchev–Trinajstić information content (AvgIpc) is 2.90. The van der Waals surface area contributed by atoms with Crippen LogP contribution in [-0.2, 0) is 27.9 Å². The predicted molar refractivity (Wildman–Crippen MR) is 148 cm³/mol.